The lowest BCUT2D eigenvalue weighted by molar-refractivity contribution is -0.141. The standard InChI is InChI=1S/C11H12N2O2.C9H11NO2.C6H14N4O2.C5H9NO4/c12-9(11(14)15)5-7-6-13-10-4-2-1-3-8(7)10;10-8(9(11)12)6-7-4-2-1-3-5-7;7-4(5(11)12)2-1-3-10-6(8)9;6-3(5(9)10)1-2-4(7)8/h1-4,6,9,13H,5,12H2,(H,14,15);1-5,8H,6,10H2,(H,11,12);4H,1-3,7H2,(H,11,12)(H4,8,9,10);3H,1-2,6H2,(H,7,8)(H,9,10)/t9-;8-;4-;3-/m0000/s1. The van der Waals surface area contributed by atoms with Crippen molar-refractivity contribution < 1.29 is 49.5 Å². The third-order valence-corrected chi connectivity index (χ3v) is 6.32. The van der Waals surface area contributed by atoms with E-state index in [1.54, 1.807) is 0 Å². The number of hydrogen-bond acceptors (Lipinski definition) is 10. The zero-order valence-corrected chi connectivity index (χ0v) is 26.7. The van der Waals surface area contributed by atoms with Gasteiger partial charge in [0.15, 0.2) is 5.96 Å². The van der Waals surface area contributed by atoms with E-state index in [9.17, 15) is 24.0 Å². The second-order valence-electron chi connectivity index (χ2n) is 10.4. The number of guanidine groups is 1. The zero-order chi connectivity index (χ0) is 37.5. The summed E-state index contributed by atoms with van der Waals surface area (Å²) in [6.07, 6.45) is 3.28. The molecule has 270 valence electrons. The summed E-state index contributed by atoms with van der Waals surface area (Å²) in [6.45, 7) is 0.420. The van der Waals surface area contributed by atoms with Gasteiger partial charge in [-0.05, 0) is 42.9 Å². The molecule has 0 aliphatic rings. The van der Waals surface area contributed by atoms with Gasteiger partial charge < -0.3 is 64.9 Å². The van der Waals surface area contributed by atoms with E-state index in [1.807, 2.05) is 60.8 Å². The van der Waals surface area contributed by atoms with E-state index in [0.717, 1.165) is 22.0 Å². The SMILES string of the molecule is NC(N)=NCCC[C@H](N)C(=O)O.N[C@@H](CCC(=O)O)C(=O)O.N[C@@H](Cc1c[nH]c2ccccc12)C(=O)O.N[C@@H](Cc1ccccc1)C(=O)O. The summed E-state index contributed by atoms with van der Waals surface area (Å²) in [5.41, 5.74) is 34.1. The quantitative estimate of drug-likeness (QED) is 0.0542. The van der Waals surface area contributed by atoms with Gasteiger partial charge in [-0.15, -0.1) is 0 Å². The molecule has 18 N–H and O–H groups in total. The molecule has 0 aliphatic carbocycles. The molecule has 1 aromatic heterocycles. The first-order valence-electron chi connectivity index (χ1n) is 14.8. The van der Waals surface area contributed by atoms with E-state index in [4.69, 9.17) is 59.9 Å². The van der Waals surface area contributed by atoms with E-state index in [-0.39, 0.29) is 18.8 Å². The number of carboxylic acid groups (broad SMARTS) is 5. The number of aliphatic carboxylic acids is 5. The van der Waals surface area contributed by atoms with Crippen LogP contribution in [0.25, 0.3) is 10.9 Å². The molecule has 0 saturated carbocycles. The number of H-pyrrole nitrogens is 1. The van der Waals surface area contributed by atoms with Gasteiger partial charge in [-0.3, -0.25) is 29.0 Å². The first-order valence-corrected chi connectivity index (χ1v) is 14.8. The Kier molecular flexibility index (Phi) is 21.0. The smallest absolute Gasteiger partial charge is 0.320 e. The molecule has 49 heavy (non-hydrogen) atoms. The summed E-state index contributed by atoms with van der Waals surface area (Å²) in [5, 5.41) is 42.9. The normalized spacial score (nSPS) is 12.5. The van der Waals surface area contributed by atoms with Gasteiger partial charge in [0.25, 0.3) is 0 Å². The van der Waals surface area contributed by atoms with Crippen LogP contribution >= 0.6 is 0 Å². The first-order chi connectivity index (χ1) is 23.0. The molecular formula is C31H46N8O10. The third-order valence-electron chi connectivity index (χ3n) is 6.32. The molecule has 0 bridgehead atoms. The van der Waals surface area contributed by atoms with E-state index in [2.05, 4.69) is 9.98 Å². The maximum atomic E-state index is 10.6. The fraction of sp³-hybridized carbons (Fsp3) is 0.355. The van der Waals surface area contributed by atoms with Gasteiger partial charge in [0.2, 0.25) is 0 Å². The molecule has 0 fully saturated rings. The summed E-state index contributed by atoms with van der Waals surface area (Å²) in [5.74, 6) is -5.12. The Hall–Kier alpha value is -5.56. The topological polar surface area (TPSA) is 371 Å². The maximum Gasteiger partial charge on any atom is 0.320 e. The van der Waals surface area contributed by atoms with Crippen LogP contribution in [-0.4, -0.2) is 97.0 Å². The van der Waals surface area contributed by atoms with Gasteiger partial charge in [0.05, 0.1) is 0 Å². The van der Waals surface area contributed by atoms with Crippen LogP contribution in [-0.2, 0) is 36.8 Å². The molecule has 3 aromatic rings. The van der Waals surface area contributed by atoms with Crippen LogP contribution in [0.3, 0.4) is 0 Å². The predicted molar refractivity (Wildman–Crippen MR) is 181 cm³/mol. The second kappa shape index (κ2) is 23.7. The summed E-state index contributed by atoms with van der Waals surface area (Å²) in [6, 6.07) is 13.6. The van der Waals surface area contributed by atoms with Gasteiger partial charge in [-0.2, -0.15) is 0 Å². The molecule has 18 heteroatoms. The van der Waals surface area contributed by atoms with E-state index in [1.165, 1.54) is 0 Å². The molecule has 4 atom stereocenters. The Morgan fingerprint density at radius 1 is 0.653 bits per heavy atom. The number of fused-ring (bicyclic) bond motifs is 1. The van der Waals surface area contributed by atoms with Crippen LogP contribution < -0.4 is 34.4 Å². The highest BCUT2D eigenvalue weighted by Crippen LogP contribution is 2.18. The number of carboxylic acids is 5. The van der Waals surface area contributed by atoms with Crippen LogP contribution in [0.15, 0.2) is 65.8 Å². The second-order valence-corrected chi connectivity index (χ2v) is 10.4. The monoisotopic (exact) mass is 690 g/mol. The van der Waals surface area contributed by atoms with Crippen molar-refractivity contribution >= 4 is 46.7 Å². The highest BCUT2D eigenvalue weighted by atomic mass is 16.4. The van der Waals surface area contributed by atoms with Gasteiger partial charge in [-0.25, -0.2) is 0 Å². The number of nitrogens with one attached hydrogen (secondary N) is 1. The largest absolute Gasteiger partial charge is 0.481 e. The zero-order valence-electron chi connectivity index (χ0n) is 26.7. The summed E-state index contributed by atoms with van der Waals surface area (Å²) >= 11 is 0. The van der Waals surface area contributed by atoms with Gasteiger partial charge in [-0.1, -0.05) is 48.5 Å². The number of nitrogens with zero attached hydrogens (tertiary/aromatic N) is 1. The number of nitrogens with two attached hydrogens (primary N) is 6. The number of rotatable bonds is 15. The van der Waals surface area contributed by atoms with Crippen molar-refractivity contribution in [2.45, 2.75) is 62.7 Å². The van der Waals surface area contributed by atoms with E-state index in [0.29, 0.717) is 32.2 Å². The van der Waals surface area contributed by atoms with Crippen LogP contribution in [0.5, 0.6) is 0 Å². The van der Waals surface area contributed by atoms with Crippen molar-refractivity contribution in [1.82, 2.24) is 4.98 Å². The summed E-state index contributed by atoms with van der Waals surface area (Å²) in [4.78, 5) is 57.9. The molecule has 0 aliphatic heterocycles. The number of benzene rings is 2. The molecule has 0 unspecified atom stereocenters. The van der Waals surface area contributed by atoms with Crippen LogP contribution in [0.4, 0.5) is 0 Å². The molecule has 18 nitrogen and oxygen atoms in total. The molecule has 0 radical (unpaired) electrons. The minimum Gasteiger partial charge on any atom is -0.481 e. The van der Waals surface area contributed by atoms with Crippen molar-refractivity contribution in [1.29, 1.82) is 0 Å². The number of hydrogen-bond donors (Lipinski definition) is 12. The van der Waals surface area contributed by atoms with Crippen LogP contribution in [0.1, 0.15) is 36.8 Å². The minimum atomic E-state index is -1.17. The lowest BCUT2D eigenvalue weighted by Gasteiger charge is -2.04. The average Bonchev–Trinajstić information content (AvgIpc) is 3.45. The van der Waals surface area contributed by atoms with Crippen LogP contribution in [0.2, 0.25) is 0 Å². The van der Waals surface area contributed by atoms with Crippen molar-refractivity contribution in [2.24, 2.45) is 39.4 Å². The Bertz CT molecular complexity index is 1500. The molecule has 0 saturated heterocycles. The number of aliphatic imine (C=N–C) groups is 1. The van der Waals surface area contributed by atoms with E-state index >= 15 is 0 Å². The maximum absolute atomic E-state index is 10.6. The first kappa shape index (κ1) is 43.4. The van der Waals surface area contributed by atoms with Crippen molar-refractivity contribution in [3.63, 3.8) is 0 Å². The fourth-order valence-corrected chi connectivity index (χ4v) is 3.63. The number of para-hydroxylation sites is 1. The molecule has 3 rings (SSSR count). The Labute approximate surface area is 281 Å². The number of aromatic nitrogens is 1. The Morgan fingerprint density at radius 3 is 1.65 bits per heavy atom. The number of carbonyl (C=O) groups is 5. The van der Waals surface area contributed by atoms with Crippen molar-refractivity contribution in [3.8, 4) is 0 Å². The predicted octanol–water partition coefficient (Wildman–Crippen LogP) is -0.522. The van der Waals surface area contributed by atoms with Crippen molar-refractivity contribution in [3.05, 3.63) is 71.9 Å². The number of aromatic amines is 1. The van der Waals surface area contributed by atoms with Gasteiger partial charge in [0, 0.05) is 36.5 Å². The molecule has 1 heterocycles. The highest BCUT2D eigenvalue weighted by molar-refractivity contribution is 5.84. The minimum absolute atomic E-state index is 0.0129. The van der Waals surface area contributed by atoms with Crippen LogP contribution in [0, 0.1) is 0 Å². The molecular weight excluding hydrogens is 644 g/mol. The molecule has 2 aromatic carbocycles. The van der Waals surface area contributed by atoms with E-state index < -0.39 is 54.0 Å². The molecule has 0 spiro atoms. The third kappa shape index (κ3) is 20.3. The summed E-state index contributed by atoms with van der Waals surface area (Å²) in [7, 11) is 0. The molecule has 0 amide bonds. The Morgan fingerprint density at radius 2 is 1.14 bits per heavy atom. The fourth-order valence-electron chi connectivity index (χ4n) is 3.63. The lowest BCUT2D eigenvalue weighted by atomic mass is 10.1. The average molecular weight is 691 g/mol. The van der Waals surface area contributed by atoms with Gasteiger partial charge in [0.1, 0.15) is 24.2 Å². The summed E-state index contributed by atoms with van der Waals surface area (Å²) < 4.78 is 0. The van der Waals surface area contributed by atoms with Crippen molar-refractivity contribution in [2.75, 3.05) is 6.54 Å². The Balaban J connectivity index is 0.000000635. The lowest BCUT2D eigenvalue weighted by Crippen LogP contribution is -2.32. The van der Waals surface area contributed by atoms with Gasteiger partial charge >= 0.3 is 29.8 Å². The highest BCUT2D eigenvalue weighted by Gasteiger charge is 2.15.